The zero-order valence-electron chi connectivity index (χ0n) is 20.0. The summed E-state index contributed by atoms with van der Waals surface area (Å²) in [6, 6.07) is 9.78. The van der Waals surface area contributed by atoms with Gasteiger partial charge in [-0.2, -0.15) is 24.9 Å². The number of rotatable bonds is 12. The van der Waals surface area contributed by atoms with Gasteiger partial charge in [0, 0.05) is 23.5 Å². The van der Waals surface area contributed by atoms with Crippen LogP contribution >= 0.6 is 11.8 Å². The molecule has 198 valence electrons. The van der Waals surface area contributed by atoms with E-state index in [1.807, 2.05) is 0 Å². The Hall–Kier alpha value is -2.93. The number of hydrogen-bond acceptors (Lipinski definition) is 6. The highest BCUT2D eigenvalue weighted by atomic mass is 32.2. The van der Waals surface area contributed by atoms with Crippen LogP contribution in [0.4, 0.5) is 30.2 Å². The van der Waals surface area contributed by atoms with Crippen LogP contribution in [0.5, 0.6) is 0 Å². The van der Waals surface area contributed by atoms with Crippen LogP contribution in [0.1, 0.15) is 32.3 Å². The number of aryl methyl sites for hydroxylation is 1. The number of hydrazine groups is 1. The van der Waals surface area contributed by atoms with E-state index in [0.29, 0.717) is 29.3 Å². The van der Waals surface area contributed by atoms with Crippen molar-refractivity contribution in [3.05, 3.63) is 48.0 Å². The summed E-state index contributed by atoms with van der Waals surface area (Å²) in [5.41, 5.74) is 4.65. The number of alkyl halides is 3. The number of sulfonamides is 1. The van der Waals surface area contributed by atoms with Gasteiger partial charge in [0.25, 0.3) is 10.0 Å². The monoisotopic (exact) mass is 546 g/mol. The summed E-state index contributed by atoms with van der Waals surface area (Å²) in [7, 11) is -4.04. The SMILES string of the molecule is Cc1ccc(NC(=O)CCSCCC(C)C)cc1S(=O)(=O)Nc1ccc(NNC(=O)C(F)(F)F)cc1. The summed E-state index contributed by atoms with van der Waals surface area (Å²) in [5, 5.41) is 2.72. The quantitative estimate of drug-likeness (QED) is 0.222. The molecule has 0 aliphatic carbocycles. The zero-order chi connectivity index (χ0) is 26.9. The van der Waals surface area contributed by atoms with Gasteiger partial charge in [0.15, 0.2) is 0 Å². The molecule has 8 nitrogen and oxygen atoms in total. The Morgan fingerprint density at radius 1 is 0.972 bits per heavy atom. The van der Waals surface area contributed by atoms with Crippen LogP contribution in [-0.4, -0.2) is 37.9 Å². The van der Waals surface area contributed by atoms with E-state index < -0.39 is 22.1 Å². The third-order valence-electron chi connectivity index (χ3n) is 4.79. The maximum absolute atomic E-state index is 12.9. The van der Waals surface area contributed by atoms with Gasteiger partial charge >= 0.3 is 12.1 Å². The summed E-state index contributed by atoms with van der Waals surface area (Å²) in [6.45, 7) is 5.89. The third kappa shape index (κ3) is 9.61. The Bertz CT molecular complexity index is 1150. The number of anilines is 3. The lowest BCUT2D eigenvalue weighted by molar-refractivity contribution is -0.173. The molecule has 0 fully saturated rings. The molecule has 0 aromatic heterocycles. The van der Waals surface area contributed by atoms with Crippen molar-refractivity contribution < 1.29 is 31.2 Å². The van der Waals surface area contributed by atoms with Crippen molar-refractivity contribution in [1.29, 1.82) is 0 Å². The fraction of sp³-hybridized carbons (Fsp3) is 0.391. The summed E-state index contributed by atoms with van der Waals surface area (Å²) in [5.74, 6) is -0.133. The topological polar surface area (TPSA) is 116 Å². The standard InChI is InChI=1S/C23H29F3N4O4S2/c1-15(2)10-12-35-13-11-21(31)27-19-5-4-16(3)20(14-19)36(33,34)30-18-8-6-17(7-9-18)28-29-22(32)23(24,25)26/h4-9,14-15,28,30H,10-13H2,1-3H3,(H,27,31)(H,29,32). The Labute approximate surface area is 212 Å². The predicted molar refractivity (Wildman–Crippen MR) is 136 cm³/mol. The molecule has 2 rings (SSSR count). The van der Waals surface area contributed by atoms with Crippen molar-refractivity contribution in [2.75, 3.05) is 27.0 Å². The molecule has 0 aliphatic rings. The first-order valence-corrected chi connectivity index (χ1v) is 13.7. The molecule has 0 radical (unpaired) electrons. The molecule has 4 N–H and O–H groups in total. The van der Waals surface area contributed by atoms with E-state index in [1.165, 1.54) is 35.8 Å². The molecule has 0 saturated carbocycles. The van der Waals surface area contributed by atoms with Crippen LogP contribution < -0.4 is 20.9 Å². The molecule has 0 saturated heterocycles. The highest BCUT2D eigenvalue weighted by Gasteiger charge is 2.38. The minimum absolute atomic E-state index is 0.0359. The number of carbonyl (C=O) groups is 2. The molecule has 0 bridgehead atoms. The molecule has 36 heavy (non-hydrogen) atoms. The highest BCUT2D eigenvalue weighted by molar-refractivity contribution is 7.99. The van der Waals surface area contributed by atoms with Crippen molar-refractivity contribution in [3.63, 3.8) is 0 Å². The Balaban J connectivity index is 1.99. The third-order valence-corrected chi connectivity index (χ3v) is 7.33. The Morgan fingerprint density at radius 3 is 2.19 bits per heavy atom. The molecular formula is C23H29F3N4O4S2. The number of thioether (sulfide) groups is 1. The lowest BCUT2D eigenvalue weighted by Crippen LogP contribution is -2.40. The summed E-state index contributed by atoms with van der Waals surface area (Å²) < 4.78 is 65.0. The van der Waals surface area contributed by atoms with Crippen LogP contribution in [0.25, 0.3) is 0 Å². The van der Waals surface area contributed by atoms with Crippen LogP contribution in [0, 0.1) is 12.8 Å². The molecule has 13 heteroatoms. The van der Waals surface area contributed by atoms with E-state index in [0.717, 1.165) is 12.2 Å². The van der Waals surface area contributed by atoms with Crippen LogP contribution in [0.2, 0.25) is 0 Å². The van der Waals surface area contributed by atoms with Gasteiger partial charge in [-0.25, -0.2) is 8.42 Å². The lowest BCUT2D eigenvalue weighted by atomic mass is 10.2. The first kappa shape index (κ1) is 29.3. The van der Waals surface area contributed by atoms with Gasteiger partial charge in [-0.1, -0.05) is 19.9 Å². The molecule has 0 unspecified atom stereocenters. The van der Waals surface area contributed by atoms with E-state index in [2.05, 4.69) is 29.3 Å². The van der Waals surface area contributed by atoms with Gasteiger partial charge in [0.05, 0.1) is 10.6 Å². The van der Waals surface area contributed by atoms with Gasteiger partial charge in [-0.05, 0) is 67.0 Å². The molecular weight excluding hydrogens is 517 g/mol. The van der Waals surface area contributed by atoms with Crippen molar-refractivity contribution in [2.45, 2.75) is 44.7 Å². The summed E-state index contributed by atoms with van der Waals surface area (Å²) in [4.78, 5) is 23.1. The highest BCUT2D eigenvalue weighted by Crippen LogP contribution is 2.24. The van der Waals surface area contributed by atoms with Gasteiger partial charge in [-0.3, -0.25) is 25.2 Å². The van der Waals surface area contributed by atoms with Gasteiger partial charge in [0.1, 0.15) is 0 Å². The number of carbonyl (C=O) groups excluding carboxylic acids is 2. The van der Waals surface area contributed by atoms with Gasteiger partial charge in [-0.15, -0.1) is 0 Å². The van der Waals surface area contributed by atoms with E-state index in [4.69, 9.17) is 0 Å². The number of hydrogen-bond donors (Lipinski definition) is 4. The van der Waals surface area contributed by atoms with Crippen molar-refractivity contribution in [2.24, 2.45) is 5.92 Å². The van der Waals surface area contributed by atoms with E-state index in [9.17, 15) is 31.2 Å². The minimum atomic E-state index is -5.04. The van der Waals surface area contributed by atoms with Crippen LogP contribution in [0.15, 0.2) is 47.4 Å². The molecule has 2 aromatic carbocycles. The van der Waals surface area contributed by atoms with E-state index >= 15 is 0 Å². The van der Waals surface area contributed by atoms with E-state index in [1.54, 1.807) is 30.8 Å². The number of amides is 2. The number of nitrogens with one attached hydrogen (secondary N) is 4. The van der Waals surface area contributed by atoms with Gasteiger partial charge in [0.2, 0.25) is 5.91 Å². The molecule has 0 spiro atoms. The van der Waals surface area contributed by atoms with Crippen LogP contribution in [0.3, 0.4) is 0 Å². The summed E-state index contributed by atoms with van der Waals surface area (Å²) in [6.07, 6.45) is -3.66. The summed E-state index contributed by atoms with van der Waals surface area (Å²) >= 11 is 1.70. The van der Waals surface area contributed by atoms with Crippen LogP contribution in [-0.2, 0) is 19.6 Å². The Kier molecular flexibility index (Phi) is 10.5. The average molecular weight is 547 g/mol. The number of benzene rings is 2. The van der Waals surface area contributed by atoms with Crippen molar-refractivity contribution in [3.8, 4) is 0 Å². The maximum atomic E-state index is 12.9. The second kappa shape index (κ2) is 12.9. The fourth-order valence-corrected chi connectivity index (χ4v) is 5.31. The zero-order valence-corrected chi connectivity index (χ0v) is 21.7. The van der Waals surface area contributed by atoms with Crippen molar-refractivity contribution >= 4 is 50.7 Å². The largest absolute Gasteiger partial charge is 0.472 e. The molecule has 0 heterocycles. The second-order valence-corrected chi connectivity index (χ2v) is 11.2. The van der Waals surface area contributed by atoms with E-state index in [-0.39, 0.29) is 22.2 Å². The van der Waals surface area contributed by atoms with Gasteiger partial charge < -0.3 is 5.32 Å². The fourth-order valence-electron chi connectivity index (χ4n) is 2.81. The smallest absolute Gasteiger partial charge is 0.326 e. The normalized spacial score (nSPS) is 11.8. The molecule has 0 aliphatic heterocycles. The predicted octanol–water partition coefficient (Wildman–Crippen LogP) is 4.91. The molecule has 0 atom stereocenters. The number of halogens is 3. The molecule has 2 aromatic rings. The average Bonchev–Trinajstić information content (AvgIpc) is 2.78. The first-order chi connectivity index (χ1) is 16.8. The van der Waals surface area contributed by atoms with Crippen molar-refractivity contribution in [1.82, 2.24) is 5.43 Å². The lowest BCUT2D eigenvalue weighted by Gasteiger charge is -2.14. The minimum Gasteiger partial charge on any atom is -0.326 e. The Morgan fingerprint density at radius 2 is 1.58 bits per heavy atom. The second-order valence-electron chi connectivity index (χ2n) is 8.33. The molecule has 2 amide bonds. The maximum Gasteiger partial charge on any atom is 0.472 e. The first-order valence-electron chi connectivity index (χ1n) is 11.0.